The van der Waals surface area contributed by atoms with Gasteiger partial charge in [-0.15, -0.1) is 0 Å². The second kappa shape index (κ2) is 6.34. The molecule has 1 aromatic carbocycles. The molecule has 2 aliphatic rings. The summed E-state index contributed by atoms with van der Waals surface area (Å²) in [6, 6.07) is 9.36. The molecule has 1 spiro atoms. The van der Waals surface area contributed by atoms with Crippen molar-refractivity contribution in [3.8, 4) is 0 Å². The normalized spacial score (nSPS) is 26.0. The number of aromatic nitrogens is 2. The highest BCUT2D eigenvalue weighted by atomic mass is 16.5. The fourth-order valence-electron chi connectivity index (χ4n) is 4.39. The zero-order valence-corrected chi connectivity index (χ0v) is 14.7. The van der Waals surface area contributed by atoms with Crippen LogP contribution >= 0.6 is 0 Å². The Bertz CT molecular complexity index is 713. The summed E-state index contributed by atoms with van der Waals surface area (Å²) in [7, 11) is 1.99. The molecule has 1 aromatic heterocycles. The number of nitrogens with one attached hydrogen (secondary N) is 1. The van der Waals surface area contributed by atoms with Gasteiger partial charge in [-0.1, -0.05) is 24.3 Å². The van der Waals surface area contributed by atoms with Crippen molar-refractivity contribution in [3.63, 3.8) is 0 Å². The highest BCUT2D eigenvalue weighted by molar-refractivity contribution is 5.35. The van der Waals surface area contributed by atoms with Gasteiger partial charge in [-0.3, -0.25) is 4.68 Å². The van der Waals surface area contributed by atoms with Gasteiger partial charge in [0.05, 0.1) is 17.9 Å². The van der Waals surface area contributed by atoms with Crippen molar-refractivity contribution in [1.29, 1.82) is 0 Å². The molecule has 128 valence electrons. The number of ether oxygens (including phenoxy) is 1. The monoisotopic (exact) mass is 325 g/mol. The van der Waals surface area contributed by atoms with Crippen molar-refractivity contribution in [1.82, 2.24) is 15.1 Å². The summed E-state index contributed by atoms with van der Waals surface area (Å²) in [5, 5.41) is 8.16. The topological polar surface area (TPSA) is 39.1 Å². The van der Waals surface area contributed by atoms with Gasteiger partial charge in [0.2, 0.25) is 0 Å². The van der Waals surface area contributed by atoms with Crippen LogP contribution in [0.15, 0.2) is 30.5 Å². The standard InChI is InChI=1S/C20H27N3O/c1-15-16(13-23(2)22-15)9-12-21-18-7-10-20(11-8-18)19-6-4-3-5-17(19)14-24-20/h3-6,13,18,21H,7-12,14H2,1-2H3. The van der Waals surface area contributed by atoms with E-state index in [0.29, 0.717) is 6.04 Å². The lowest BCUT2D eigenvalue weighted by atomic mass is 9.77. The zero-order chi connectivity index (χ0) is 16.6. The van der Waals surface area contributed by atoms with E-state index in [2.05, 4.69) is 47.8 Å². The van der Waals surface area contributed by atoms with Gasteiger partial charge in [0.1, 0.15) is 0 Å². The number of hydrogen-bond acceptors (Lipinski definition) is 3. The SMILES string of the molecule is Cc1nn(C)cc1CCNC1CCC2(CC1)OCc1ccccc12. The maximum Gasteiger partial charge on any atom is 0.0940 e. The van der Waals surface area contributed by atoms with Crippen molar-refractivity contribution < 1.29 is 4.74 Å². The molecule has 0 saturated heterocycles. The van der Waals surface area contributed by atoms with Crippen LogP contribution in [0.25, 0.3) is 0 Å². The number of aryl methyl sites for hydroxylation is 2. The predicted molar refractivity (Wildman–Crippen MR) is 94.8 cm³/mol. The Morgan fingerprint density at radius 1 is 1.29 bits per heavy atom. The zero-order valence-electron chi connectivity index (χ0n) is 14.7. The van der Waals surface area contributed by atoms with Crippen LogP contribution in [0.2, 0.25) is 0 Å². The fraction of sp³-hybridized carbons (Fsp3) is 0.550. The Labute approximate surface area is 144 Å². The van der Waals surface area contributed by atoms with Crippen LogP contribution in [-0.2, 0) is 30.4 Å². The minimum Gasteiger partial charge on any atom is -0.366 e. The van der Waals surface area contributed by atoms with E-state index < -0.39 is 0 Å². The van der Waals surface area contributed by atoms with Gasteiger partial charge in [0.15, 0.2) is 0 Å². The summed E-state index contributed by atoms with van der Waals surface area (Å²) < 4.78 is 8.16. The van der Waals surface area contributed by atoms with E-state index in [0.717, 1.165) is 38.1 Å². The molecular weight excluding hydrogens is 298 g/mol. The third kappa shape index (κ3) is 2.89. The summed E-state index contributed by atoms with van der Waals surface area (Å²) in [6.45, 7) is 3.91. The summed E-state index contributed by atoms with van der Waals surface area (Å²) in [4.78, 5) is 0. The van der Waals surface area contributed by atoms with E-state index in [1.165, 1.54) is 29.5 Å². The smallest absolute Gasteiger partial charge is 0.0940 e. The van der Waals surface area contributed by atoms with Gasteiger partial charge in [0.25, 0.3) is 0 Å². The molecule has 0 amide bonds. The Morgan fingerprint density at radius 2 is 2.08 bits per heavy atom. The molecular formula is C20H27N3O. The average molecular weight is 325 g/mol. The molecule has 4 heteroatoms. The van der Waals surface area contributed by atoms with E-state index in [1.54, 1.807) is 0 Å². The Hall–Kier alpha value is -1.65. The maximum absolute atomic E-state index is 6.25. The minimum absolute atomic E-state index is 0.00525. The second-order valence-corrected chi connectivity index (χ2v) is 7.33. The van der Waals surface area contributed by atoms with Crippen molar-refractivity contribution in [2.24, 2.45) is 7.05 Å². The maximum atomic E-state index is 6.25. The third-order valence-corrected chi connectivity index (χ3v) is 5.75. The van der Waals surface area contributed by atoms with E-state index in [9.17, 15) is 0 Å². The average Bonchev–Trinajstić information content (AvgIpc) is 3.10. The Balaban J connectivity index is 1.30. The first-order chi connectivity index (χ1) is 11.7. The molecule has 1 aliphatic heterocycles. The van der Waals surface area contributed by atoms with Crippen molar-refractivity contribution in [2.75, 3.05) is 6.54 Å². The van der Waals surface area contributed by atoms with Crippen LogP contribution in [0.1, 0.15) is 48.1 Å². The summed E-state index contributed by atoms with van der Waals surface area (Å²) >= 11 is 0. The number of benzene rings is 1. The minimum atomic E-state index is -0.00525. The molecule has 0 radical (unpaired) electrons. The van der Waals surface area contributed by atoms with Crippen molar-refractivity contribution >= 4 is 0 Å². The highest BCUT2D eigenvalue weighted by Crippen LogP contribution is 2.46. The quantitative estimate of drug-likeness (QED) is 0.938. The van der Waals surface area contributed by atoms with Gasteiger partial charge >= 0.3 is 0 Å². The van der Waals surface area contributed by atoms with Gasteiger partial charge < -0.3 is 10.1 Å². The molecule has 0 bridgehead atoms. The summed E-state index contributed by atoms with van der Waals surface area (Å²) in [5.41, 5.74) is 5.32. The number of hydrogen-bond donors (Lipinski definition) is 1. The van der Waals surface area contributed by atoms with E-state index in [1.807, 2.05) is 11.7 Å². The molecule has 2 aromatic rings. The first-order valence-electron chi connectivity index (χ1n) is 9.11. The van der Waals surface area contributed by atoms with E-state index in [-0.39, 0.29) is 5.60 Å². The van der Waals surface area contributed by atoms with Crippen LogP contribution in [0.4, 0.5) is 0 Å². The van der Waals surface area contributed by atoms with Crippen LogP contribution < -0.4 is 5.32 Å². The highest BCUT2D eigenvalue weighted by Gasteiger charge is 2.42. The summed E-state index contributed by atoms with van der Waals surface area (Å²) in [5.74, 6) is 0. The fourth-order valence-corrected chi connectivity index (χ4v) is 4.39. The number of fused-ring (bicyclic) bond motifs is 2. The van der Waals surface area contributed by atoms with E-state index >= 15 is 0 Å². The first kappa shape index (κ1) is 15.9. The molecule has 4 rings (SSSR count). The largest absolute Gasteiger partial charge is 0.366 e. The van der Waals surface area contributed by atoms with E-state index in [4.69, 9.17) is 4.74 Å². The Kier molecular flexibility index (Phi) is 4.19. The summed E-state index contributed by atoms with van der Waals surface area (Å²) in [6.07, 6.45) is 7.85. The molecule has 0 unspecified atom stereocenters. The third-order valence-electron chi connectivity index (χ3n) is 5.75. The van der Waals surface area contributed by atoms with Crippen LogP contribution in [0.5, 0.6) is 0 Å². The van der Waals surface area contributed by atoms with Crippen LogP contribution in [-0.4, -0.2) is 22.4 Å². The van der Waals surface area contributed by atoms with Gasteiger partial charge in [-0.05, 0) is 62.3 Å². The molecule has 2 heterocycles. The lowest BCUT2D eigenvalue weighted by Gasteiger charge is -2.37. The first-order valence-corrected chi connectivity index (χ1v) is 9.11. The number of rotatable bonds is 4. The number of nitrogens with zero attached hydrogens (tertiary/aromatic N) is 2. The second-order valence-electron chi connectivity index (χ2n) is 7.33. The molecule has 0 atom stereocenters. The Morgan fingerprint density at radius 3 is 2.83 bits per heavy atom. The molecule has 24 heavy (non-hydrogen) atoms. The van der Waals surface area contributed by atoms with Gasteiger partial charge in [-0.25, -0.2) is 0 Å². The van der Waals surface area contributed by atoms with Gasteiger partial charge in [0, 0.05) is 19.3 Å². The molecule has 4 nitrogen and oxygen atoms in total. The lowest BCUT2D eigenvalue weighted by molar-refractivity contribution is -0.0684. The molecule has 1 fully saturated rings. The molecule has 1 N–H and O–H groups in total. The van der Waals surface area contributed by atoms with Crippen molar-refractivity contribution in [3.05, 3.63) is 52.8 Å². The lowest BCUT2D eigenvalue weighted by Crippen LogP contribution is -2.40. The molecule has 1 saturated carbocycles. The van der Waals surface area contributed by atoms with Crippen LogP contribution in [0, 0.1) is 6.92 Å². The van der Waals surface area contributed by atoms with Gasteiger partial charge in [-0.2, -0.15) is 5.10 Å². The van der Waals surface area contributed by atoms with Crippen molar-refractivity contribution in [2.45, 2.75) is 57.3 Å². The van der Waals surface area contributed by atoms with Crippen LogP contribution in [0.3, 0.4) is 0 Å². The molecule has 1 aliphatic carbocycles. The predicted octanol–water partition coefficient (Wildman–Crippen LogP) is 3.23.